The average molecular weight is 186 g/mol. The fourth-order valence-electron chi connectivity index (χ4n) is 3.17. The quantitative estimate of drug-likeness (QED) is 0.662. The molecule has 1 saturated carbocycles. The fourth-order valence-corrected chi connectivity index (χ4v) is 3.17. The molecule has 0 heterocycles. The summed E-state index contributed by atoms with van der Waals surface area (Å²) in [6.45, 7) is 8.76. The molecule has 0 amide bonds. The van der Waals surface area contributed by atoms with Crippen LogP contribution in [0.25, 0.3) is 0 Å². The zero-order valence-electron chi connectivity index (χ0n) is 9.12. The lowest BCUT2D eigenvalue weighted by molar-refractivity contribution is -0.197. The zero-order valence-corrected chi connectivity index (χ0v) is 9.12. The van der Waals surface area contributed by atoms with Crippen molar-refractivity contribution in [3.8, 4) is 0 Å². The monoisotopic (exact) mass is 186 g/mol. The van der Waals surface area contributed by atoms with Gasteiger partial charge in [-0.15, -0.1) is 0 Å². The van der Waals surface area contributed by atoms with Crippen molar-refractivity contribution in [3.63, 3.8) is 0 Å². The molecule has 1 fully saturated rings. The van der Waals surface area contributed by atoms with Crippen LogP contribution in [-0.4, -0.2) is 16.5 Å². The summed E-state index contributed by atoms with van der Waals surface area (Å²) in [4.78, 5) is 0. The van der Waals surface area contributed by atoms with Gasteiger partial charge in [0.25, 0.3) is 0 Å². The Morgan fingerprint density at radius 3 is 1.62 bits per heavy atom. The molecule has 1 aliphatic rings. The highest BCUT2D eigenvalue weighted by molar-refractivity contribution is 5.00. The van der Waals surface area contributed by atoms with Crippen LogP contribution in [0.1, 0.15) is 40.5 Å². The van der Waals surface area contributed by atoms with Crippen molar-refractivity contribution in [2.75, 3.05) is 0 Å². The van der Waals surface area contributed by atoms with Crippen molar-refractivity contribution in [2.24, 2.45) is 23.2 Å². The van der Waals surface area contributed by atoms with E-state index in [-0.39, 0.29) is 11.3 Å². The second kappa shape index (κ2) is 3.58. The average Bonchev–Trinajstić information content (AvgIpc) is 1.80. The van der Waals surface area contributed by atoms with Crippen molar-refractivity contribution in [2.45, 2.75) is 46.8 Å². The summed E-state index contributed by atoms with van der Waals surface area (Å²) < 4.78 is 0. The maximum atomic E-state index is 9.26. The van der Waals surface area contributed by atoms with Gasteiger partial charge in [0.15, 0.2) is 6.29 Å². The molecule has 0 spiro atoms. The lowest BCUT2D eigenvalue weighted by atomic mass is 9.50. The smallest absolute Gasteiger partial charge is 0.154 e. The molecule has 78 valence electrons. The Morgan fingerprint density at radius 1 is 1.08 bits per heavy atom. The topological polar surface area (TPSA) is 40.5 Å². The molecule has 0 aromatic heterocycles. The first-order valence-electron chi connectivity index (χ1n) is 5.29. The summed E-state index contributed by atoms with van der Waals surface area (Å²) in [5.74, 6) is 1.16. The summed E-state index contributed by atoms with van der Waals surface area (Å²) in [7, 11) is 0. The number of aliphatic hydroxyl groups excluding tert-OH is 1. The van der Waals surface area contributed by atoms with Crippen LogP contribution in [0, 0.1) is 23.2 Å². The summed E-state index contributed by atoms with van der Waals surface area (Å²) >= 11 is 0. The van der Waals surface area contributed by atoms with Gasteiger partial charge in [-0.3, -0.25) is 0 Å². The molecule has 1 rings (SSSR count). The molecule has 1 aliphatic carbocycles. The van der Waals surface area contributed by atoms with Crippen LogP contribution in [0.5, 0.6) is 0 Å². The number of hydrogen-bond acceptors (Lipinski definition) is 2. The Balaban J connectivity index is 2.81. The van der Waals surface area contributed by atoms with Crippen LogP contribution in [-0.2, 0) is 0 Å². The molecule has 1 atom stereocenters. The van der Waals surface area contributed by atoms with E-state index < -0.39 is 6.29 Å². The van der Waals surface area contributed by atoms with Crippen molar-refractivity contribution in [1.29, 1.82) is 0 Å². The first-order valence-corrected chi connectivity index (χ1v) is 5.29. The van der Waals surface area contributed by atoms with Crippen LogP contribution in [0.15, 0.2) is 0 Å². The Morgan fingerprint density at radius 2 is 1.54 bits per heavy atom. The first-order chi connectivity index (χ1) is 5.93. The van der Waals surface area contributed by atoms with Gasteiger partial charge in [-0.25, -0.2) is 0 Å². The molecule has 0 bridgehead atoms. The van der Waals surface area contributed by atoms with Crippen LogP contribution in [0.3, 0.4) is 0 Å². The van der Waals surface area contributed by atoms with E-state index in [1.165, 1.54) is 0 Å². The SMILES string of the molecule is CC(C)C1(C(C)C)CCC1C(O)O. The van der Waals surface area contributed by atoms with E-state index in [4.69, 9.17) is 0 Å². The second-order valence-electron chi connectivity index (χ2n) is 4.98. The normalized spacial score (nSPS) is 27.0. The minimum absolute atomic E-state index is 0.0903. The molecule has 0 radical (unpaired) electrons. The molecule has 0 aliphatic heterocycles. The maximum Gasteiger partial charge on any atom is 0.154 e. The molecule has 2 heteroatoms. The van der Waals surface area contributed by atoms with Crippen molar-refractivity contribution in [3.05, 3.63) is 0 Å². The van der Waals surface area contributed by atoms with Gasteiger partial charge in [0.2, 0.25) is 0 Å². The summed E-state index contributed by atoms with van der Waals surface area (Å²) in [6.07, 6.45) is 0.983. The largest absolute Gasteiger partial charge is 0.368 e. The summed E-state index contributed by atoms with van der Waals surface area (Å²) in [6, 6.07) is 0. The van der Waals surface area contributed by atoms with Crippen molar-refractivity contribution < 1.29 is 10.2 Å². The standard InChI is InChI=1S/C11H22O2/c1-7(2)11(8(3)4)6-5-9(11)10(12)13/h7-10,12-13H,5-6H2,1-4H3. The highest BCUT2D eigenvalue weighted by atomic mass is 16.5. The first kappa shape index (κ1) is 11.0. The van der Waals surface area contributed by atoms with E-state index in [1.54, 1.807) is 0 Å². The second-order valence-corrected chi connectivity index (χ2v) is 4.98. The van der Waals surface area contributed by atoms with Crippen LogP contribution >= 0.6 is 0 Å². The molecular weight excluding hydrogens is 164 g/mol. The Kier molecular flexibility index (Phi) is 3.03. The minimum atomic E-state index is -1.13. The minimum Gasteiger partial charge on any atom is -0.368 e. The van der Waals surface area contributed by atoms with Gasteiger partial charge in [0, 0.05) is 5.92 Å². The van der Waals surface area contributed by atoms with Gasteiger partial charge < -0.3 is 10.2 Å². The third-order valence-electron chi connectivity index (χ3n) is 4.09. The molecule has 1 unspecified atom stereocenters. The summed E-state index contributed by atoms with van der Waals surface area (Å²) in [5.41, 5.74) is 0.161. The molecule has 13 heavy (non-hydrogen) atoms. The third-order valence-corrected chi connectivity index (χ3v) is 4.09. The van der Waals surface area contributed by atoms with E-state index in [0.29, 0.717) is 11.8 Å². The van der Waals surface area contributed by atoms with E-state index in [0.717, 1.165) is 12.8 Å². The number of rotatable bonds is 3. The Labute approximate surface area is 81.0 Å². The van der Waals surface area contributed by atoms with E-state index in [9.17, 15) is 10.2 Å². The van der Waals surface area contributed by atoms with E-state index >= 15 is 0 Å². The van der Waals surface area contributed by atoms with Crippen molar-refractivity contribution >= 4 is 0 Å². The van der Waals surface area contributed by atoms with Gasteiger partial charge in [0.1, 0.15) is 0 Å². The number of hydrogen-bond donors (Lipinski definition) is 2. The summed E-state index contributed by atoms with van der Waals surface area (Å²) in [5, 5.41) is 18.5. The van der Waals surface area contributed by atoms with Gasteiger partial charge in [-0.2, -0.15) is 0 Å². The van der Waals surface area contributed by atoms with E-state index in [1.807, 2.05) is 0 Å². The molecule has 2 N–H and O–H groups in total. The van der Waals surface area contributed by atoms with Crippen LogP contribution < -0.4 is 0 Å². The van der Waals surface area contributed by atoms with E-state index in [2.05, 4.69) is 27.7 Å². The highest BCUT2D eigenvalue weighted by Crippen LogP contribution is 2.57. The third kappa shape index (κ3) is 1.50. The predicted octanol–water partition coefficient (Wildman–Crippen LogP) is 2.01. The molecular formula is C11H22O2. The maximum absolute atomic E-state index is 9.26. The predicted molar refractivity (Wildman–Crippen MR) is 53.1 cm³/mol. The molecule has 0 aromatic rings. The molecule has 0 saturated heterocycles. The Bertz CT molecular complexity index is 165. The molecule has 2 nitrogen and oxygen atoms in total. The molecule has 0 aromatic carbocycles. The lowest BCUT2D eigenvalue weighted by Gasteiger charge is -2.56. The van der Waals surface area contributed by atoms with Crippen LogP contribution in [0.2, 0.25) is 0 Å². The van der Waals surface area contributed by atoms with Gasteiger partial charge in [0.05, 0.1) is 0 Å². The van der Waals surface area contributed by atoms with Gasteiger partial charge >= 0.3 is 0 Å². The fraction of sp³-hybridized carbons (Fsp3) is 1.00. The van der Waals surface area contributed by atoms with Gasteiger partial charge in [-0.1, -0.05) is 27.7 Å². The highest BCUT2D eigenvalue weighted by Gasteiger charge is 2.53. The zero-order chi connectivity index (χ0) is 10.2. The lowest BCUT2D eigenvalue weighted by Crippen LogP contribution is -2.53. The van der Waals surface area contributed by atoms with Crippen LogP contribution in [0.4, 0.5) is 0 Å². The van der Waals surface area contributed by atoms with Gasteiger partial charge in [-0.05, 0) is 30.1 Å². The Hall–Kier alpha value is -0.0800. The van der Waals surface area contributed by atoms with Crippen molar-refractivity contribution in [1.82, 2.24) is 0 Å². The number of aliphatic hydroxyl groups is 2.